The van der Waals surface area contributed by atoms with E-state index in [2.05, 4.69) is 31.4 Å². The molecule has 19 heavy (non-hydrogen) atoms. The number of amides is 1. The molecule has 0 saturated heterocycles. The highest BCUT2D eigenvalue weighted by molar-refractivity contribution is 9.10. The van der Waals surface area contributed by atoms with Crippen molar-refractivity contribution in [3.63, 3.8) is 0 Å². The van der Waals surface area contributed by atoms with Crippen LogP contribution in [0.4, 0.5) is 0 Å². The molecule has 1 amide bonds. The summed E-state index contributed by atoms with van der Waals surface area (Å²) < 4.78 is 0.735. The van der Waals surface area contributed by atoms with E-state index < -0.39 is 0 Å². The maximum atomic E-state index is 11.7. The number of hydrogen-bond acceptors (Lipinski definition) is 3. The Bertz CT molecular complexity index is 631. The standard InChI is InChI=1S/C13H9BrClN3O/c14-11-5-10(7-16-8-11)13(19)18-17-6-9-2-1-3-12(15)4-9/h1-8H,(H,18,19)/b17-6+. The summed E-state index contributed by atoms with van der Waals surface area (Å²) >= 11 is 9.08. The van der Waals surface area contributed by atoms with Crippen LogP contribution in [0.25, 0.3) is 0 Å². The number of carbonyl (C=O) groups excluding carboxylic acids is 1. The third-order valence-corrected chi connectivity index (χ3v) is 2.86. The van der Waals surface area contributed by atoms with E-state index in [0.29, 0.717) is 10.6 Å². The van der Waals surface area contributed by atoms with E-state index in [1.54, 1.807) is 24.4 Å². The van der Waals surface area contributed by atoms with E-state index in [1.807, 2.05) is 12.1 Å². The molecule has 0 fully saturated rings. The van der Waals surface area contributed by atoms with Crippen molar-refractivity contribution in [2.45, 2.75) is 0 Å². The first-order valence-electron chi connectivity index (χ1n) is 5.35. The van der Waals surface area contributed by atoms with Crippen molar-refractivity contribution >= 4 is 39.7 Å². The summed E-state index contributed by atoms with van der Waals surface area (Å²) in [7, 11) is 0. The summed E-state index contributed by atoms with van der Waals surface area (Å²) in [6.07, 6.45) is 4.59. The molecule has 1 heterocycles. The second-order valence-corrected chi connectivity index (χ2v) is 5.00. The maximum Gasteiger partial charge on any atom is 0.272 e. The molecule has 0 radical (unpaired) electrons. The van der Waals surface area contributed by atoms with Crippen molar-refractivity contribution < 1.29 is 4.79 Å². The minimum Gasteiger partial charge on any atom is -0.267 e. The number of nitrogens with one attached hydrogen (secondary N) is 1. The van der Waals surface area contributed by atoms with Gasteiger partial charge in [-0.25, -0.2) is 5.43 Å². The molecule has 0 aliphatic heterocycles. The molecule has 0 bridgehead atoms. The van der Waals surface area contributed by atoms with E-state index in [0.717, 1.165) is 10.0 Å². The Kier molecular flexibility index (Phi) is 4.65. The van der Waals surface area contributed by atoms with E-state index in [4.69, 9.17) is 11.6 Å². The Balaban J connectivity index is 2.01. The van der Waals surface area contributed by atoms with Gasteiger partial charge in [0.25, 0.3) is 5.91 Å². The normalized spacial score (nSPS) is 10.6. The zero-order valence-electron chi connectivity index (χ0n) is 9.68. The number of carbonyl (C=O) groups is 1. The zero-order valence-corrected chi connectivity index (χ0v) is 12.0. The van der Waals surface area contributed by atoms with Crippen molar-refractivity contribution in [2.24, 2.45) is 5.10 Å². The number of rotatable bonds is 3. The van der Waals surface area contributed by atoms with Gasteiger partial charge in [-0.15, -0.1) is 0 Å². The van der Waals surface area contributed by atoms with Crippen LogP contribution in [-0.4, -0.2) is 17.1 Å². The molecule has 1 aromatic heterocycles. The van der Waals surface area contributed by atoms with Crippen LogP contribution in [0.2, 0.25) is 5.02 Å². The molecule has 2 aromatic rings. The van der Waals surface area contributed by atoms with Crippen LogP contribution in [0.3, 0.4) is 0 Å². The molecule has 4 nitrogen and oxygen atoms in total. The molecule has 0 spiro atoms. The lowest BCUT2D eigenvalue weighted by Gasteiger charge is -1.99. The van der Waals surface area contributed by atoms with Crippen LogP contribution in [-0.2, 0) is 0 Å². The molecule has 0 aliphatic carbocycles. The molecular formula is C13H9BrClN3O. The lowest BCUT2D eigenvalue weighted by atomic mass is 10.2. The summed E-state index contributed by atoms with van der Waals surface area (Å²) in [5.74, 6) is -0.327. The van der Waals surface area contributed by atoms with E-state index in [-0.39, 0.29) is 5.91 Å². The fourth-order valence-corrected chi connectivity index (χ4v) is 1.92. The maximum absolute atomic E-state index is 11.7. The molecule has 6 heteroatoms. The summed E-state index contributed by atoms with van der Waals surface area (Å²) in [5, 5.41) is 4.48. The first-order chi connectivity index (χ1) is 9.15. The highest BCUT2D eigenvalue weighted by atomic mass is 79.9. The molecule has 0 unspecified atom stereocenters. The topological polar surface area (TPSA) is 54.4 Å². The van der Waals surface area contributed by atoms with Crippen LogP contribution in [0.15, 0.2) is 52.3 Å². The van der Waals surface area contributed by atoms with Crippen molar-refractivity contribution in [3.8, 4) is 0 Å². The van der Waals surface area contributed by atoms with Gasteiger partial charge in [0.2, 0.25) is 0 Å². The Hall–Kier alpha value is -1.72. The summed E-state index contributed by atoms with van der Waals surface area (Å²) in [5.41, 5.74) is 3.65. The first-order valence-corrected chi connectivity index (χ1v) is 6.52. The predicted octanol–water partition coefficient (Wildman–Crippen LogP) is 3.26. The second kappa shape index (κ2) is 6.45. The smallest absolute Gasteiger partial charge is 0.267 e. The van der Waals surface area contributed by atoms with E-state index >= 15 is 0 Å². The molecule has 1 N–H and O–H groups in total. The van der Waals surface area contributed by atoms with Gasteiger partial charge >= 0.3 is 0 Å². The highest BCUT2D eigenvalue weighted by Gasteiger charge is 2.04. The van der Waals surface area contributed by atoms with Crippen molar-refractivity contribution in [1.29, 1.82) is 0 Å². The minimum atomic E-state index is -0.327. The van der Waals surface area contributed by atoms with E-state index in [9.17, 15) is 4.79 Å². The van der Waals surface area contributed by atoms with Gasteiger partial charge in [-0.05, 0) is 39.7 Å². The van der Waals surface area contributed by atoms with Gasteiger partial charge in [0, 0.05) is 21.9 Å². The van der Waals surface area contributed by atoms with Crippen LogP contribution in [0.5, 0.6) is 0 Å². The molecule has 0 atom stereocenters. The zero-order chi connectivity index (χ0) is 13.7. The average Bonchev–Trinajstić information content (AvgIpc) is 2.38. The number of aromatic nitrogens is 1. The van der Waals surface area contributed by atoms with Gasteiger partial charge in [0.15, 0.2) is 0 Å². The van der Waals surface area contributed by atoms with Crippen LogP contribution >= 0.6 is 27.5 Å². The van der Waals surface area contributed by atoms with Gasteiger partial charge in [0.1, 0.15) is 0 Å². The van der Waals surface area contributed by atoms with Crippen LogP contribution in [0.1, 0.15) is 15.9 Å². The predicted molar refractivity (Wildman–Crippen MR) is 78.4 cm³/mol. The van der Waals surface area contributed by atoms with Gasteiger partial charge < -0.3 is 0 Å². The SMILES string of the molecule is O=C(N/N=C/c1cccc(Cl)c1)c1cncc(Br)c1. The molecule has 0 aliphatic rings. The molecule has 1 aromatic carbocycles. The molecule has 0 saturated carbocycles. The lowest BCUT2D eigenvalue weighted by molar-refractivity contribution is 0.0954. The first kappa shape index (κ1) is 13.7. The second-order valence-electron chi connectivity index (χ2n) is 3.65. The Labute approximate surface area is 123 Å². The third kappa shape index (κ3) is 4.15. The quantitative estimate of drug-likeness (QED) is 0.690. The van der Waals surface area contributed by atoms with Crippen LogP contribution < -0.4 is 5.43 Å². The van der Waals surface area contributed by atoms with Crippen molar-refractivity contribution in [2.75, 3.05) is 0 Å². The summed E-state index contributed by atoms with van der Waals surface area (Å²) in [4.78, 5) is 15.6. The number of pyridine rings is 1. The minimum absolute atomic E-state index is 0.327. The number of benzene rings is 1. The number of halogens is 2. The molecular weight excluding hydrogens is 330 g/mol. The summed E-state index contributed by atoms with van der Waals surface area (Å²) in [6, 6.07) is 8.83. The fraction of sp³-hybridized carbons (Fsp3) is 0. The highest BCUT2D eigenvalue weighted by Crippen LogP contribution is 2.10. The number of nitrogens with zero attached hydrogens (tertiary/aromatic N) is 2. The largest absolute Gasteiger partial charge is 0.272 e. The lowest BCUT2D eigenvalue weighted by Crippen LogP contribution is -2.17. The molecule has 2 rings (SSSR count). The van der Waals surface area contributed by atoms with E-state index in [1.165, 1.54) is 12.4 Å². The van der Waals surface area contributed by atoms with Crippen molar-refractivity contribution in [1.82, 2.24) is 10.4 Å². The summed E-state index contributed by atoms with van der Waals surface area (Å²) in [6.45, 7) is 0. The number of hydrogen-bond donors (Lipinski definition) is 1. The average molecular weight is 339 g/mol. The monoisotopic (exact) mass is 337 g/mol. The van der Waals surface area contributed by atoms with Gasteiger partial charge in [-0.2, -0.15) is 5.10 Å². The third-order valence-electron chi connectivity index (χ3n) is 2.20. The van der Waals surface area contributed by atoms with Gasteiger partial charge in [0.05, 0.1) is 11.8 Å². The van der Waals surface area contributed by atoms with Crippen LogP contribution in [0, 0.1) is 0 Å². The number of hydrazone groups is 1. The van der Waals surface area contributed by atoms with Gasteiger partial charge in [-0.1, -0.05) is 23.7 Å². The van der Waals surface area contributed by atoms with Crippen molar-refractivity contribution in [3.05, 3.63) is 63.3 Å². The Morgan fingerprint density at radius 1 is 1.37 bits per heavy atom. The molecule has 96 valence electrons. The van der Waals surface area contributed by atoms with Gasteiger partial charge in [-0.3, -0.25) is 9.78 Å². The Morgan fingerprint density at radius 2 is 2.21 bits per heavy atom. The fourth-order valence-electron chi connectivity index (χ4n) is 1.35. The Morgan fingerprint density at radius 3 is 2.95 bits per heavy atom.